The van der Waals surface area contributed by atoms with Crippen molar-refractivity contribution in [3.8, 4) is 0 Å². The van der Waals surface area contributed by atoms with Crippen LogP contribution in [-0.2, 0) is 0 Å². The smallest absolute Gasteiger partial charge is 0.253 e. The van der Waals surface area contributed by atoms with Gasteiger partial charge in [0.25, 0.3) is 5.91 Å². The highest BCUT2D eigenvalue weighted by atomic mass is 32.1. The molecule has 5 heteroatoms. The molecule has 3 nitrogen and oxygen atoms in total. The van der Waals surface area contributed by atoms with Crippen LogP contribution < -0.4 is 11.1 Å². The average molecular weight is 264 g/mol. The molecule has 1 atom stereocenters. The lowest BCUT2D eigenvalue weighted by atomic mass is 10.1. The van der Waals surface area contributed by atoms with Crippen LogP contribution in [0.1, 0.15) is 28.2 Å². The first kappa shape index (κ1) is 12.6. The third kappa shape index (κ3) is 2.68. The van der Waals surface area contributed by atoms with E-state index in [0.717, 1.165) is 10.9 Å². The van der Waals surface area contributed by atoms with Gasteiger partial charge >= 0.3 is 0 Å². The Balaban J connectivity index is 2.12. The van der Waals surface area contributed by atoms with E-state index in [1.165, 1.54) is 12.1 Å². The number of halogens is 1. The minimum Gasteiger partial charge on any atom is -0.398 e. The summed E-state index contributed by atoms with van der Waals surface area (Å²) in [6.45, 7) is 1.89. The normalized spacial score (nSPS) is 12.1. The molecule has 2 aromatic rings. The maximum absolute atomic E-state index is 12.9. The van der Waals surface area contributed by atoms with Gasteiger partial charge in [0.1, 0.15) is 5.82 Å². The number of benzene rings is 1. The van der Waals surface area contributed by atoms with Crippen LogP contribution in [0.4, 0.5) is 10.1 Å². The Morgan fingerprint density at radius 2 is 2.22 bits per heavy atom. The van der Waals surface area contributed by atoms with Crippen LogP contribution in [0.15, 0.2) is 35.7 Å². The van der Waals surface area contributed by atoms with Gasteiger partial charge in [-0.3, -0.25) is 4.79 Å². The summed E-state index contributed by atoms with van der Waals surface area (Å²) in [7, 11) is 0. The van der Waals surface area contributed by atoms with E-state index in [1.54, 1.807) is 11.3 Å². The maximum atomic E-state index is 12.9. The average Bonchev–Trinajstić information content (AvgIpc) is 2.81. The van der Waals surface area contributed by atoms with Crippen molar-refractivity contribution < 1.29 is 9.18 Å². The van der Waals surface area contributed by atoms with E-state index in [9.17, 15) is 9.18 Å². The molecule has 0 aliphatic carbocycles. The molecule has 0 saturated heterocycles. The molecule has 0 fully saturated rings. The number of nitrogen functional groups attached to an aromatic ring is 1. The van der Waals surface area contributed by atoms with E-state index >= 15 is 0 Å². The molecule has 0 radical (unpaired) electrons. The Morgan fingerprint density at radius 3 is 2.83 bits per heavy atom. The Morgan fingerprint density at radius 1 is 1.44 bits per heavy atom. The summed E-state index contributed by atoms with van der Waals surface area (Å²) in [6.07, 6.45) is 0. The highest BCUT2D eigenvalue weighted by Gasteiger charge is 2.14. The fourth-order valence-electron chi connectivity index (χ4n) is 1.62. The fourth-order valence-corrected chi connectivity index (χ4v) is 2.36. The van der Waals surface area contributed by atoms with E-state index in [2.05, 4.69) is 5.32 Å². The number of carbonyl (C=O) groups excluding carboxylic acids is 1. The number of nitrogens with one attached hydrogen (secondary N) is 1. The number of hydrogen-bond donors (Lipinski definition) is 2. The summed E-state index contributed by atoms with van der Waals surface area (Å²) in [4.78, 5) is 13.0. The number of amides is 1. The minimum atomic E-state index is -0.449. The number of anilines is 1. The third-order valence-electron chi connectivity index (χ3n) is 2.58. The first-order chi connectivity index (χ1) is 8.58. The molecule has 0 saturated carbocycles. The number of nitrogens with two attached hydrogens (primary N) is 1. The molecule has 1 aromatic carbocycles. The molecule has 0 spiro atoms. The molecular formula is C13H13FN2OS. The van der Waals surface area contributed by atoms with Gasteiger partial charge in [0.15, 0.2) is 0 Å². The second-order valence-electron chi connectivity index (χ2n) is 3.94. The van der Waals surface area contributed by atoms with Crippen molar-refractivity contribution in [3.63, 3.8) is 0 Å². The highest BCUT2D eigenvalue weighted by molar-refractivity contribution is 7.10. The summed E-state index contributed by atoms with van der Waals surface area (Å²) in [5.74, 6) is -0.747. The molecule has 1 aromatic heterocycles. The van der Waals surface area contributed by atoms with E-state index in [-0.39, 0.29) is 17.6 Å². The van der Waals surface area contributed by atoms with E-state index in [0.29, 0.717) is 5.56 Å². The van der Waals surface area contributed by atoms with Gasteiger partial charge in [-0.05, 0) is 36.6 Å². The van der Waals surface area contributed by atoms with Crippen molar-refractivity contribution in [2.75, 3.05) is 5.73 Å². The Kier molecular flexibility index (Phi) is 3.62. The third-order valence-corrected chi connectivity index (χ3v) is 3.63. The lowest BCUT2D eigenvalue weighted by molar-refractivity contribution is 0.0941. The summed E-state index contributed by atoms with van der Waals surface area (Å²) in [5.41, 5.74) is 6.05. The van der Waals surface area contributed by atoms with E-state index in [1.807, 2.05) is 24.4 Å². The lowest BCUT2D eigenvalue weighted by Gasteiger charge is -2.13. The van der Waals surface area contributed by atoms with Crippen LogP contribution in [0.2, 0.25) is 0 Å². The van der Waals surface area contributed by atoms with Gasteiger partial charge in [0.05, 0.1) is 11.6 Å². The second-order valence-corrected chi connectivity index (χ2v) is 4.92. The quantitative estimate of drug-likeness (QED) is 0.837. The monoisotopic (exact) mass is 264 g/mol. The zero-order valence-electron chi connectivity index (χ0n) is 9.81. The summed E-state index contributed by atoms with van der Waals surface area (Å²) in [6, 6.07) is 7.54. The van der Waals surface area contributed by atoms with Crippen LogP contribution in [0.3, 0.4) is 0 Å². The summed E-state index contributed by atoms with van der Waals surface area (Å²) in [5, 5.41) is 4.78. The Hall–Kier alpha value is -1.88. The van der Waals surface area contributed by atoms with Crippen molar-refractivity contribution in [1.29, 1.82) is 0 Å². The van der Waals surface area contributed by atoms with Crippen LogP contribution in [0.25, 0.3) is 0 Å². The predicted molar refractivity (Wildman–Crippen MR) is 71.0 cm³/mol. The Labute approximate surface area is 108 Å². The van der Waals surface area contributed by atoms with Crippen molar-refractivity contribution in [2.24, 2.45) is 0 Å². The molecule has 0 bridgehead atoms. The highest BCUT2D eigenvalue weighted by Crippen LogP contribution is 2.20. The lowest BCUT2D eigenvalue weighted by Crippen LogP contribution is -2.26. The first-order valence-corrected chi connectivity index (χ1v) is 6.35. The summed E-state index contributed by atoms with van der Waals surface area (Å²) < 4.78 is 12.9. The van der Waals surface area contributed by atoms with Gasteiger partial charge in [-0.15, -0.1) is 11.3 Å². The van der Waals surface area contributed by atoms with Crippen molar-refractivity contribution in [3.05, 3.63) is 52.0 Å². The van der Waals surface area contributed by atoms with Crippen LogP contribution in [0.5, 0.6) is 0 Å². The number of hydrogen-bond acceptors (Lipinski definition) is 3. The van der Waals surface area contributed by atoms with Crippen LogP contribution >= 0.6 is 11.3 Å². The zero-order chi connectivity index (χ0) is 13.1. The number of carbonyl (C=O) groups is 1. The predicted octanol–water partition coefficient (Wildman–Crippen LogP) is 2.96. The molecule has 0 aliphatic heterocycles. The molecule has 1 amide bonds. The fraction of sp³-hybridized carbons (Fsp3) is 0.154. The van der Waals surface area contributed by atoms with E-state index in [4.69, 9.17) is 5.73 Å². The van der Waals surface area contributed by atoms with Crippen LogP contribution in [-0.4, -0.2) is 5.91 Å². The molecule has 18 heavy (non-hydrogen) atoms. The molecule has 0 unspecified atom stereocenters. The Bertz CT molecular complexity index is 554. The number of rotatable bonds is 3. The topological polar surface area (TPSA) is 55.1 Å². The molecule has 0 aliphatic rings. The molecular weight excluding hydrogens is 251 g/mol. The molecule has 94 valence electrons. The van der Waals surface area contributed by atoms with Gasteiger partial charge in [-0.2, -0.15) is 0 Å². The van der Waals surface area contributed by atoms with Crippen LogP contribution in [0, 0.1) is 5.82 Å². The van der Waals surface area contributed by atoms with Crippen molar-refractivity contribution >= 4 is 22.9 Å². The molecule has 2 rings (SSSR count). The van der Waals surface area contributed by atoms with E-state index < -0.39 is 5.82 Å². The summed E-state index contributed by atoms with van der Waals surface area (Å²) >= 11 is 1.57. The standard InChI is InChI=1S/C13H13FN2OS/c1-8(12-3-2-6-18-12)16-13(17)10-5-4-9(14)7-11(10)15/h2-8H,15H2,1H3,(H,16,17)/t8-/m0/s1. The number of thiophene rings is 1. The van der Waals surface area contributed by atoms with Gasteiger partial charge < -0.3 is 11.1 Å². The zero-order valence-corrected chi connectivity index (χ0v) is 10.6. The second kappa shape index (κ2) is 5.18. The van der Waals surface area contributed by atoms with Gasteiger partial charge in [0.2, 0.25) is 0 Å². The van der Waals surface area contributed by atoms with Crippen molar-refractivity contribution in [2.45, 2.75) is 13.0 Å². The molecule has 1 heterocycles. The molecule has 3 N–H and O–H groups in total. The minimum absolute atomic E-state index is 0.0954. The largest absolute Gasteiger partial charge is 0.398 e. The first-order valence-electron chi connectivity index (χ1n) is 5.47. The maximum Gasteiger partial charge on any atom is 0.253 e. The van der Waals surface area contributed by atoms with Gasteiger partial charge in [-0.25, -0.2) is 4.39 Å². The van der Waals surface area contributed by atoms with Crippen molar-refractivity contribution in [1.82, 2.24) is 5.32 Å². The van der Waals surface area contributed by atoms with Gasteiger partial charge in [0, 0.05) is 10.6 Å². The van der Waals surface area contributed by atoms with Gasteiger partial charge in [-0.1, -0.05) is 6.07 Å². The SMILES string of the molecule is C[C@H](NC(=O)c1ccc(F)cc1N)c1cccs1.